The summed E-state index contributed by atoms with van der Waals surface area (Å²) in [5.74, 6) is 0.869. The molecule has 62 heavy (non-hydrogen) atoms. The standard InChI is InChI=1S/C56H43N5S/c1-55(2)39-28-14-18-32-43(39)60(44-33-19-15-29-40(44)55)50-48-52(62-54(58-48)37-24-10-6-11-25-37)51(61-45-34-20-16-30-41(45)56(3,4)42-31-17-21-35-46(42)61)47-49(50)59(38-26-12-7-13-27-38)53(57-47)36-22-8-5-9-23-36/h5-35H,1-4H3. The van der Waals surface area contributed by atoms with Gasteiger partial charge in [0.1, 0.15) is 33.1 Å². The molecule has 10 aromatic rings. The minimum absolute atomic E-state index is 0.239. The zero-order valence-electron chi connectivity index (χ0n) is 35.0. The fourth-order valence-corrected chi connectivity index (χ4v) is 11.3. The highest BCUT2D eigenvalue weighted by Gasteiger charge is 2.42. The van der Waals surface area contributed by atoms with E-state index in [2.05, 4.69) is 230 Å². The number of aromatic nitrogens is 3. The molecule has 2 aliphatic rings. The van der Waals surface area contributed by atoms with Crippen molar-refractivity contribution in [3.05, 3.63) is 210 Å². The number of rotatable bonds is 5. The predicted molar refractivity (Wildman–Crippen MR) is 259 cm³/mol. The van der Waals surface area contributed by atoms with Gasteiger partial charge in [0.15, 0.2) is 0 Å². The lowest BCUT2D eigenvalue weighted by Gasteiger charge is -2.43. The predicted octanol–water partition coefficient (Wildman–Crippen LogP) is 15.2. The van der Waals surface area contributed by atoms with E-state index in [1.54, 1.807) is 11.3 Å². The summed E-state index contributed by atoms with van der Waals surface area (Å²) in [6, 6.07) is 67.7. The van der Waals surface area contributed by atoms with Crippen LogP contribution in [-0.2, 0) is 10.8 Å². The third-order valence-electron chi connectivity index (χ3n) is 13.2. The topological polar surface area (TPSA) is 37.2 Å². The molecule has 0 atom stereocenters. The largest absolute Gasteiger partial charge is 0.306 e. The molecule has 0 saturated heterocycles. The number of fused-ring (bicyclic) bond motifs is 6. The van der Waals surface area contributed by atoms with E-state index in [9.17, 15) is 0 Å². The molecule has 4 heterocycles. The normalized spacial score (nSPS) is 14.6. The number of thiazole rings is 1. The molecule has 0 bridgehead atoms. The van der Waals surface area contributed by atoms with Gasteiger partial charge in [-0.2, -0.15) is 0 Å². The summed E-state index contributed by atoms with van der Waals surface area (Å²) in [6.07, 6.45) is 0. The Hall–Kier alpha value is -7.28. The Bertz CT molecular complexity index is 3270. The Morgan fingerprint density at radius 3 is 1.29 bits per heavy atom. The molecule has 2 aromatic heterocycles. The first kappa shape index (κ1) is 36.6. The van der Waals surface area contributed by atoms with Gasteiger partial charge in [-0.05, 0) is 58.7 Å². The van der Waals surface area contributed by atoms with Crippen LogP contribution in [0.2, 0.25) is 0 Å². The molecule has 0 unspecified atom stereocenters. The number of anilines is 6. The summed E-state index contributed by atoms with van der Waals surface area (Å²) in [5.41, 5.74) is 17.1. The molecule has 2 aliphatic heterocycles. The molecule has 0 spiro atoms. The summed E-state index contributed by atoms with van der Waals surface area (Å²) >= 11 is 1.75. The molecule has 298 valence electrons. The SMILES string of the molecule is CC1(C)c2ccccc2N(c2c3nc(-c4ccccc4)n(-c4ccccc4)c3c(N3c4ccccc4C(C)(C)c4ccccc43)c3nc(-c4ccccc4)sc23)c2ccccc21. The van der Waals surface area contributed by atoms with Crippen LogP contribution in [0.25, 0.3) is 48.9 Å². The molecular formula is C56H43N5S. The average molecular weight is 818 g/mol. The first-order valence-corrected chi connectivity index (χ1v) is 22.2. The lowest BCUT2D eigenvalue weighted by atomic mass is 9.73. The van der Waals surface area contributed by atoms with Crippen LogP contribution in [0.15, 0.2) is 188 Å². The van der Waals surface area contributed by atoms with Crippen LogP contribution in [0.3, 0.4) is 0 Å². The number of benzene rings is 8. The van der Waals surface area contributed by atoms with Gasteiger partial charge in [-0.1, -0.05) is 179 Å². The van der Waals surface area contributed by atoms with Crippen LogP contribution in [-0.4, -0.2) is 14.5 Å². The van der Waals surface area contributed by atoms with Crippen molar-refractivity contribution < 1.29 is 0 Å². The highest BCUT2D eigenvalue weighted by molar-refractivity contribution is 7.22. The van der Waals surface area contributed by atoms with Gasteiger partial charge in [-0.15, -0.1) is 11.3 Å². The fraction of sp³-hybridized carbons (Fsp3) is 0.107. The van der Waals surface area contributed by atoms with Gasteiger partial charge in [-0.3, -0.25) is 4.57 Å². The van der Waals surface area contributed by atoms with E-state index in [0.717, 1.165) is 83.0 Å². The van der Waals surface area contributed by atoms with Crippen molar-refractivity contribution in [2.75, 3.05) is 9.80 Å². The van der Waals surface area contributed by atoms with E-state index in [1.807, 2.05) is 0 Å². The van der Waals surface area contributed by atoms with Crippen molar-refractivity contribution in [1.82, 2.24) is 14.5 Å². The van der Waals surface area contributed by atoms with Gasteiger partial charge in [0.25, 0.3) is 0 Å². The van der Waals surface area contributed by atoms with Crippen molar-refractivity contribution in [3.63, 3.8) is 0 Å². The van der Waals surface area contributed by atoms with Crippen LogP contribution < -0.4 is 9.80 Å². The van der Waals surface area contributed by atoms with Crippen LogP contribution in [0.5, 0.6) is 0 Å². The van der Waals surface area contributed by atoms with Crippen LogP contribution in [0.4, 0.5) is 34.1 Å². The van der Waals surface area contributed by atoms with Gasteiger partial charge >= 0.3 is 0 Å². The first-order chi connectivity index (χ1) is 30.3. The molecule has 8 aromatic carbocycles. The second-order valence-corrected chi connectivity index (χ2v) is 18.4. The van der Waals surface area contributed by atoms with E-state index in [0.29, 0.717) is 0 Å². The smallest absolute Gasteiger partial charge is 0.145 e. The molecule has 12 rings (SSSR count). The molecule has 0 N–H and O–H groups in total. The molecule has 0 aliphatic carbocycles. The Morgan fingerprint density at radius 2 is 0.806 bits per heavy atom. The lowest BCUT2D eigenvalue weighted by molar-refractivity contribution is 0.632. The Labute approximate surface area is 365 Å². The highest BCUT2D eigenvalue weighted by atomic mass is 32.1. The van der Waals surface area contributed by atoms with Gasteiger partial charge in [0.05, 0.1) is 33.1 Å². The summed E-state index contributed by atoms with van der Waals surface area (Å²) in [5, 5.41) is 0.961. The van der Waals surface area contributed by atoms with E-state index >= 15 is 0 Å². The first-order valence-electron chi connectivity index (χ1n) is 21.4. The fourth-order valence-electron chi connectivity index (χ4n) is 10.2. The zero-order valence-corrected chi connectivity index (χ0v) is 35.9. The lowest BCUT2D eigenvalue weighted by Crippen LogP contribution is -2.31. The van der Waals surface area contributed by atoms with E-state index in [4.69, 9.17) is 9.97 Å². The van der Waals surface area contributed by atoms with Crippen molar-refractivity contribution in [3.8, 4) is 27.6 Å². The number of imidazole rings is 1. The van der Waals surface area contributed by atoms with Crippen molar-refractivity contribution >= 4 is 66.7 Å². The summed E-state index contributed by atoms with van der Waals surface area (Å²) in [4.78, 5) is 16.7. The van der Waals surface area contributed by atoms with Crippen LogP contribution in [0.1, 0.15) is 49.9 Å². The number of nitrogens with zero attached hydrogens (tertiary/aromatic N) is 5. The molecular weight excluding hydrogens is 775 g/mol. The molecule has 0 amide bonds. The maximum Gasteiger partial charge on any atom is 0.145 e. The molecule has 6 heteroatoms. The third kappa shape index (κ3) is 5.20. The minimum Gasteiger partial charge on any atom is -0.306 e. The van der Waals surface area contributed by atoms with Crippen LogP contribution in [0, 0.1) is 0 Å². The quantitative estimate of drug-likeness (QED) is 0.173. The number of hydrogen-bond donors (Lipinski definition) is 0. The molecule has 0 radical (unpaired) electrons. The van der Waals surface area contributed by atoms with Crippen molar-refractivity contribution in [2.24, 2.45) is 0 Å². The molecule has 0 saturated carbocycles. The Balaban J connectivity index is 1.34. The monoisotopic (exact) mass is 817 g/mol. The van der Waals surface area contributed by atoms with Gasteiger partial charge < -0.3 is 9.80 Å². The second kappa shape index (κ2) is 13.6. The summed E-state index contributed by atoms with van der Waals surface area (Å²) in [7, 11) is 0. The second-order valence-electron chi connectivity index (χ2n) is 17.4. The van der Waals surface area contributed by atoms with Gasteiger partial charge in [0, 0.05) is 27.6 Å². The van der Waals surface area contributed by atoms with Gasteiger partial charge in [-0.25, -0.2) is 9.97 Å². The maximum atomic E-state index is 5.92. The van der Waals surface area contributed by atoms with E-state index in [-0.39, 0.29) is 10.8 Å². The van der Waals surface area contributed by atoms with Crippen LogP contribution >= 0.6 is 11.3 Å². The highest BCUT2D eigenvalue weighted by Crippen LogP contribution is 2.60. The minimum atomic E-state index is -0.248. The molecule has 5 nitrogen and oxygen atoms in total. The average Bonchev–Trinajstić information content (AvgIpc) is 3.94. The van der Waals surface area contributed by atoms with Crippen molar-refractivity contribution in [1.29, 1.82) is 0 Å². The summed E-state index contributed by atoms with van der Waals surface area (Å²) in [6.45, 7) is 9.39. The molecule has 0 fully saturated rings. The summed E-state index contributed by atoms with van der Waals surface area (Å²) < 4.78 is 3.47. The maximum absolute atomic E-state index is 5.92. The zero-order chi connectivity index (χ0) is 41.7. The van der Waals surface area contributed by atoms with E-state index in [1.165, 1.54) is 22.3 Å². The number of hydrogen-bond acceptors (Lipinski definition) is 5. The number of para-hydroxylation sites is 5. The van der Waals surface area contributed by atoms with E-state index < -0.39 is 0 Å². The Kier molecular flexibility index (Phi) is 8.03. The Morgan fingerprint density at radius 1 is 0.403 bits per heavy atom. The van der Waals surface area contributed by atoms with Gasteiger partial charge in [0.2, 0.25) is 0 Å². The van der Waals surface area contributed by atoms with Crippen molar-refractivity contribution in [2.45, 2.75) is 38.5 Å². The third-order valence-corrected chi connectivity index (χ3v) is 14.3.